The Morgan fingerprint density at radius 1 is 1.50 bits per heavy atom. The highest BCUT2D eigenvalue weighted by Gasteiger charge is 2.14. The van der Waals surface area contributed by atoms with E-state index < -0.39 is 5.82 Å². The Hall–Kier alpha value is -1.40. The van der Waals surface area contributed by atoms with Gasteiger partial charge >= 0.3 is 0 Å². The number of nitrogens with zero attached hydrogens (tertiary/aromatic N) is 2. The summed E-state index contributed by atoms with van der Waals surface area (Å²) < 4.78 is 21.2. The Morgan fingerprint density at radius 2 is 2.22 bits per heavy atom. The van der Waals surface area contributed by atoms with E-state index in [9.17, 15) is 4.39 Å². The molecule has 18 heavy (non-hydrogen) atoms. The van der Waals surface area contributed by atoms with Gasteiger partial charge in [0.25, 0.3) is 0 Å². The Morgan fingerprint density at radius 3 is 2.72 bits per heavy atom. The van der Waals surface area contributed by atoms with Crippen LogP contribution in [0, 0.1) is 5.82 Å². The van der Waals surface area contributed by atoms with E-state index in [0.29, 0.717) is 17.9 Å². The highest BCUT2D eigenvalue weighted by molar-refractivity contribution is 9.10. The number of rotatable bonds is 3. The maximum absolute atomic E-state index is 13.7. The summed E-state index contributed by atoms with van der Waals surface area (Å²) in [4.78, 5) is 4.38. The lowest BCUT2D eigenvalue weighted by atomic mass is 10.2. The number of hydrogen-bond donors (Lipinski definition) is 1. The number of hydrogen-bond acceptors (Lipinski definition) is 3. The molecule has 1 heterocycles. The molecule has 0 atom stereocenters. The van der Waals surface area contributed by atoms with E-state index >= 15 is 0 Å². The maximum Gasteiger partial charge on any atom is 0.165 e. The van der Waals surface area contributed by atoms with Gasteiger partial charge in [0.1, 0.15) is 10.4 Å². The second kappa shape index (κ2) is 5.07. The van der Waals surface area contributed by atoms with Crippen LogP contribution in [0.5, 0.6) is 5.75 Å². The molecule has 2 N–H and O–H groups in total. The first-order valence-electron chi connectivity index (χ1n) is 5.33. The molecule has 0 aliphatic heterocycles. The lowest BCUT2D eigenvalue weighted by molar-refractivity contribution is 0.386. The molecule has 0 aliphatic rings. The molecule has 0 bridgehead atoms. The molecular formula is C12H13BrFN3O. The predicted molar refractivity (Wildman–Crippen MR) is 70.7 cm³/mol. The number of halogens is 2. The van der Waals surface area contributed by atoms with Crippen molar-refractivity contribution < 1.29 is 9.13 Å². The van der Waals surface area contributed by atoms with Gasteiger partial charge in [0.2, 0.25) is 0 Å². The summed E-state index contributed by atoms with van der Waals surface area (Å²) in [5.41, 5.74) is 7.00. The molecule has 4 nitrogen and oxygen atoms in total. The van der Waals surface area contributed by atoms with Crippen LogP contribution in [0.25, 0.3) is 11.4 Å². The van der Waals surface area contributed by atoms with Crippen LogP contribution in [-0.2, 0) is 13.6 Å². The minimum atomic E-state index is -0.413. The molecule has 0 saturated heterocycles. The zero-order chi connectivity index (χ0) is 13.3. The van der Waals surface area contributed by atoms with Gasteiger partial charge in [-0.3, -0.25) is 0 Å². The number of methoxy groups -OCH3 is 1. The Balaban J connectivity index is 2.52. The van der Waals surface area contributed by atoms with Crippen LogP contribution in [0.3, 0.4) is 0 Å². The molecule has 0 aliphatic carbocycles. The third kappa shape index (κ3) is 2.13. The lowest BCUT2D eigenvalue weighted by Gasteiger charge is -2.05. The van der Waals surface area contributed by atoms with Crippen LogP contribution in [0.1, 0.15) is 5.69 Å². The molecule has 1 aromatic heterocycles. The third-order valence-electron chi connectivity index (χ3n) is 2.69. The Labute approximate surface area is 113 Å². The van der Waals surface area contributed by atoms with Gasteiger partial charge in [-0.05, 0) is 34.1 Å². The molecule has 6 heteroatoms. The number of nitrogens with two attached hydrogens (primary N) is 1. The minimum Gasteiger partial charge on any atom is -0.494 e. The average molecular weight is 314 g/mol. The largest absolute Gasteiger partial charge is 0.494 e. The SMILES string of the molecule is COc1ccc(-c2nc(CN)c(Br)n2C)cc1F. The number of benzene rings is 1. The van der Waals surface area contributed by atoms with E-state index in [1.165, 1.54) is 13.2 Å². The van der Waals surface area contributed by atoms with Crippen molar-refractivity contribution in [3.05, 3.63) is 34.3 Å². The summed E-state index contributed by atoms with van der Waals surface area (Å²) in [5.74, 6) is 0.457. The van der Waals surface area contributed by atoms with E-state index in [2.05, 4.69) is 20.9 Å². The number of ether oxygens (including phenoxy) is 1. The molecule has 2 rings (SSSR count). The molecule has 1 aromatic carbocycles. The highest BCUT2D eigenvalue weighted by atomic mass is 79.9. The fourth-order valence-corrected chi connectivity index (χ4v) is 2.15. The van der Waals surface area contributed by atoms with Gasteiger partial charge in [-0.2, -0.15) is 0 Å². The summed E-state index contributed by atoms with van der Waals surface area (Å²) in [6.07, 6.45) is 0. The van der Waals surface area contributed by atoms with E-state index in [-0.39, 0.29) is 5.75 Å². The van der Waals surface area contributed by atoms with Crippen LogP contribution >= 0.6 is 15.9 Å². The molecular weight excluding hydrogens is 301 g/mol. The van der Waals surface area contributed by atoms with Gasteiger partial charge < -0.3 is 15.0 Å². The summed E-state index contributed by atoms with van der Waals surface area (Å²) in [5, 5.41) is 0. The normalized spacial score (nSPS) is 10.7. The van der Waals surface area contributed by atoms with Gasteiger partial charge in [-0.1, -0.05) is 0 Å². The first kappa shape index (κ1) is 13.0. The fraction of sp³-hybridized carbons (Fsp3) is 0.250. The molecule has 0 spiro atoms. The van der Waals surface area contributed by atoms with E-state index in [0.717, 1.165) is 10.3 Å². The predicted octanol–water partition coefficient (Wildman–Crippen LogP) is 2.46. The van der Waals surface area contributed by atoms with Crippen LogP contribution in [0.4, 0.5) is 4.39 Å². The van der Waals surface area contributed by atoms with Crippen molar-refractivity contribution in [1.29, 1.82) is 0 Å². The molecule has 0 unspecified atom stereocenters. The second-order valence-corrected chi connectivity index (χ2v) is 4.54. The summed E-state index contributed by atoms with van der Waals surface area (Å²) in [7, 11) is 3.27. The Bertz CT molecular complexity index is 583. The molecule has 0 radical (unpaired) electrons. The van der Waals surface area contributed by atoms with Crippen molar-refractivity contribution >= 4 is 15.9 Å². The zero-order valence-corrected chi connectivity index (χ0v) is 11.7. The first-order valence-corrected chi connectivity index (χ1v) is 6.12. The van der Waals surface area contributed by atoms with E-state index in [1.807, 2.05) is 11.6 Å². The van der Waals surface area contributed by atoms with Crippen molar-refractivity contribution in [3.8, 4) is 17.1 Å². The standard InChI is InChI=1S/C12H13BrFN3O/c1-17-11(13)9(6-15)16-12(17)7-3-4-10(18-2)8(14)5-7/h3-5H,6,15H2,1-2H3. The summed E-state index contributed by atoms with van der Waals surface area (Å²) in [6.45, 7) is 0.326. The van der Waals surface area contributed by atoms with Crippen LogP contribution in [0.15, 0.2) is 22.8 Å². The van der Waals surface area contributed by atoms with E-state index in [1.54, 1.807) is 12.1 Å². The van der Waals surface area contributed by atoms with Crippen molar-refractivity contribution in [2.45, 2.75) is 6.54 Å². The molecule has 0 fully saturated rings. The number of aromatic nitrogens is 2. The van der Waals surface area contributed by atoms with Gasteiger partial charge in [-0.15, -0.1) is 0 Å². The molecule has 96 valence electrons. The fourth-order valence-electron chi connectivity index (χ4n) is 1.73. The quantitative estimate of drug-likeness (QED) is 0.947. The maximum atomic E-state index is 13.7. The lowest BCUT2D eigenvalue weighted by Crippen LogP contribution is -1.97. The second-order valence-electron chi connectivity index (χ2n) is 3.79. The molecule has 2 aromatic rings. The van der Waals surface area contributed by atoms with Crippen molar-refractivity contribution in [2.24, 2.45) is 12.8 Å². The van der Waals surface area contributed by atoms with Crippen molar-refractivity contribution in [2.75, 3.05) is 7.11 Å². The number of imidazole rings is 1. The average Bonchev–Trinajstić information content (AvgIpc) is 2.66. The summed E-state index contributed by atoms with van der Waals surface area (Å²) in [6, 6.07) is 4.74. The van der Waals surface area contributed by atoms with Crippen molar-refractivity contribution in [1.82, 2.24) is 9.55 Å². The van der Waals surface area contributed by atoms with Crippen molar-refractivity contribution in [3.63, 3.8) is 0 Å². The van der Waals surface area contributed by atoms with Crippen LogP contribution in [-0.4, -0.2) is 16.7 Å². The Kier molecular flexibility index (Phi) is 3.68. The topological polar surface area (TPSA) is 53.1 Å². The minimum absolute atomic E-state index is 0.214. The van der Waals surface area contributed by atoms with E-state index in [4.69, 9.17) is 10.5 Å². The third-order valence-corrected chi connectivity index (χ3v) is 3.68. The van der Waals surface area contributed by atoms with Gasteiger partial charge in [0, 0.05) is 19.2 Å². The van der Waals surface area contributed by atoms with Gasteiger partial charge in [0.05, 0.1) is 12.8 Å². The monoisotopic (exact) mass is 313 g/mol. The van der Waals surface area contributed by atoms with Gasteiger partial charge in [0.15, 0.2) is 11.6 Å². The zero-order valence-electron chi connectivity index (χ0n) is 10.1. The molecule has 0 saturated carbocycles. The first-order chi connectivity index (χ1) is 8.58. The molecule has 0 amide bonds. The smallest absolute Gasteiger partial charge is 0.165 e. The highest BCUT2D eigenvalue weighted by Crippen LogP contribution is 2.28. The van der Waals surface area contributed by atoms with Crippen LogP contribution in [0.2, 0.25) is 0 Å². The van der Waals surface area contributed by atoms with Gasteiger partial charge in [-0.25, -0.2) is 9.37 Å². The van der Waals surface area contributed by atoms with Crippen LogP contribution < -0.4 is 10.5 Å². The summed E-state index contributed by atoms with van der Waals surface area (Å²) >= 11 is 3.41.